The highest BCUT2D eigenvalue weighted by Gasteiger charge is 2.19. The van der Waals surface area contributed by atoms with Crippen molar-refractivity contribution in [3.63, 3.8) is 0 Å². The first-order valence-electron chi connectivity index (χ1n) is 9.83. The van der Waals surface area contributed by atoms with E-state index in [0.29, 0.717) is 24.4 Å². The first kappa shape index (κ1) is 20.5. The Balaban J connectivity index is 1.55. The van der Waals surface area contributed by atoms with E-state index in [2.05, 4.69) is 20.6 Å². The van der Waals surface area contributed by atoms with Crippen LogP contribution in [0.1, 0.15) is 33.6 Å². The van der Waals surface area contributed by atoms with Gasteiger partial charge in [-0.05, 0) is 31.0 Å². The molecular formula is C21H21N5O5. The third-order valence-corrected chi connectivity index (χ3v) is 5.15. The van der Waals surface area contributed by atoms with Crippen LogP contribution in [-0.4, -0.2) is 45.6 Å². The van der Waals surface area contributed by atoms with Crippen LogP contribution in [0.2, 0.25) is 0 Å². The molecular weight excluding hydrogens is 402 g/mol. The highest BCUT2D eigenvalue weighted by molar-refractivity contribution is 6.09. The number of amides is 2. The molecule has 2 aromatic heterocycles. The molecule has 10 heteroatoms. The van der Waals surface area contributed by atoms with Crippen LogP contribution < -0.4 is 21.9 Å². The highest BCUT2D eigenvalue weighted by Crippen LogP contribution is 2.18. The number of aromatic nitrogens is 3. The third-order valence-electron chi connectivity index (χ3n) is 5.15. The number of benzene rings is 1. The van der Waals surface area contributed by atoms with Crippen molar-refractivity contribution in [2.75, 3.05) is 18.5 Å². The van der Waals surface area contributed by atoms with Gasteiger partial charge in [0.15, 0.2) is 0 Å². The van der Waals surface area contributed by atoms with Crippen LogP contribution in [0.25, 0.3) is 11.0 Å². The number of H-pyrrole nitrogens is 1. The minimum Gasteiger partial charge on any atom is -0.376 e. The lowest BCUT2D eigenvalue weighted by atomic mass is 10.1. The number of aryl methyl sites for hydroxylation is 1. The number of hydrogen-bond donors (Lipinski definition) is 3. The summed E-state index contributed by atoms with van der Waals surface area (Å²) in [5, 5.41) is 5.63. The molecule has 31 heavy (non-hydrogen) atoms. The predicted molar refractivity (Wildman–Crippen MR) is 113 cm³/mol. The van der Waals surface area contributed by atoms with E-state index in [-0.39, 0.29) is 28.6 Å². The summed E-state index contributed by atoms with van der Waals surface area (Å²) in [4.78, 5) is 55.5. The Hall–Kier alpha value is -3.79. The lowest BCUT2D eigenvalue weighted by Gasteiger charge is -2.14. The Morgan fingerprint density at radius 3 is 2.84 bits per heavy atom. The van der Waals surface area contributed by atoms with E-state index in [9.17, 15) is 19.2 Å². The average molecular weight is 423 g/mol. The van der Waals surface area contributed by atoms with E-state index in [4.69, 9.17) is 4.74 Å². The van der Waals surface area contributed by atoms with Gasteiger partial charge in [0.1, 0.15) is 5.65 Å². The normalized spacial score (nSPS) is 15.7. The molecule has 3 N–H and O–H groups in total. The zero-order chi connectivity index (χ0) is 22.0. The summed E-state index contributed by atoms with van der Waals surface area (Å²) in [6.45, 7) is 1.10. The summed E-state index contributed by atoms with van der Waals surface area (Å²) in [6.07, 6.45) is 3.15. The largest absolute Gasteiger partial charge is 0.376 e. The zero-order valence-electron chi connectivity index (χ0n) is 16.8. The molecule has 1 aromatic carbocycles. The molecule has 160 valence electrons. The number of nitrogens with one attached hydrogen (secondary N) is 3. The molecule has 0 saturated carbocycles. The fourth-order valence-corrected chi connectivity index (χ4v) is 3.45. The van der Waals surface area contributed by atoms with Gasteiger partial charge in [-0.1, -0.05) is 12.1 Å². The second-order valence-corrected chi connectivity index (χ2v) is 7.26. The molecule has 10 nitrogen and oxygen atoms in total. The van der Waals surface area contributed by atoms with E-state index >= 15 is 0 Å². The molecule has 1 saturated heterocycles. The van der Waals surface area contributed by atoms with Gasteiger partial charge in [0.2, 0.25) is 0 Å². The molecule has 1 aliphatic heterocycles. The van der Waals surface area contributed by atoms with Crippen molar-refractivity contribution in [2.24, 2.45) is 7.05 Å². The van der Waals surface area contributed by atoms with E-state index in [1.165, 1.54) is 23.9 Å². The standard InChI is InChI=1S/C21H21N5O5/c1-26-17-15(20(29)25-21(26)30)9-12(10-22-17)18(27)24-16-7-3-2-6-14(16)19(28)23-11-13-5-4-8-31-13/h2-3,6-7,9-10,13H,4-5,8,11H2,1H3,(H,23,28)(H,24,27)(H,25,29,30)/t13-/m1/s1. The van der Waals surface area contributed by atoms with Crippen LogP contribution >= 0.6 is 0 Å². The monoisotopic (exact) mass is 423 g/mol. The van der Waals surface area contributed by atoms with E-state index in [0.717, 1.165) is 12.8 Å². The van der Waals surface area contributed by atoms with Crippen molar-refractivity contribution >= 4 is 28.5 Å². The van der Waals surface area contributed by atoms with Gasteiger partial charge in [-0.2, -0.15) is 0 Å². The molecule has 0 bridgehead atoms. The van der Waals surface area contributed by atoms with Gasteiger partial charge in [0, 0.05) is 26.4 Å². The fraction of sp³-hybridized carbons (Fsp3) is 0.286. The molecule has 1 atom stereocenters. The zero-order valence-corrected chi connectivity index (χ0v) is 16.8. The Morgan fingerprint density at radius 1 is 1.26 bits per heavy atom. The first-order valence-corrected chi connectivity index (χ1v) is 9.83. The van der Waals surface area contributed by atoms with E-state index in [1.54, 1.807) is 24.3 Å². The number of rotatable bonds is 5. The minimum absolute atomic E-state index is 0.00318. The second-order valence-electron chi connectivity index (χ2n) is 7.26. The Bertz CT molecular complexity index is 1270. The molecule has 2 amide bonds. The molecule has 0 radical (unpaired) electrons. The average Bonchev–Trinajstić information content (AvgIpc) is 3.29. The number of carbonyl (C=O) groups excluding carboxylic acids is 2. The molecule has 0 aliphatic carbocycles. The number of fused-ring (bicyclic) bond motifs is 1. The number of aromatic amines is 1. The van der Waals surface area contributed by atoms with Crippen molar-refractivity contribution in [2.45, 2.75) is 18.9 Å². The van der Waals surface area contributed by atoms with Gasteiger partial charge in [0.05, 0.1) is 28.3 Å². The maximum absolute atomic E-state index is 12.8. The molecule has 4 rings (SSSR count). The lowest BCUT2D eigenvalue weighted by molar-refractivity contribution is 0.0858. The van der Waals surface area contributed by atoms with Gasteiger partial charge >= 0.3 is 5.69 Å². The maximum atomic E-state index is 12.8. The summed E-state index contributed by atoms with van der Waals surface area (Å²) >= 11 is 0. The first-order chi connectivity index (χ1) is 14.9. The lowest BCUT2D eigenvalue weighted by Crippen LogP contribution is -2.32. The molecule has 0 spiro atoms. The fourth-order valence-electron chi connectivity index (χ4n) is 3.45. The van der Waals surface area contributed by atoms with Gasteiger partial charge < -0.3 is 15.4 Å². The number of para-hydroxylation sites is 1. The number of ether oxygens (including phenoxy) is 1. The van der Waals surface area contributed by atoms with Gasteiger partial charge in [0.25, 0.3) is 17.4 Å². The summed E-state index contributed by atoms with van der Waals surface area (Å²) < 4.78 is 6.70. The van der Waals surface area contributed by atoms with Crippen LogP contribution in [0.5, 0.6) is 0 Å². The SMILES string of the molecule is Cn1c(=O)[nH]c(=O)c2cc(C(=O)Nc3ccccc3C(=O)NC[C@H]3CCCO3)cnc21. The van der Waals surface area contributed by atoms with Crippen molar-refractivity contribution in [3.05, 3.63) is 68.5 Å². The Morgan fingerprint density at radius 2 is 2.06 bits per heavy atom. The topological polar surface area (TPSA) is 135 Å². The number of hydrogen-bond acceptors (Lipinski definition) is 6. The maximum Gasteiger partial charge on any atom is 0.329 e. The molecule has 1 fully saturated rings. The van der Waals surface area contributed by atoms with E-state index < -0.39 is 17.2 Å². The van der Waals surface area contributed by atoms with Crippen molar-refractivity contribution in [3.8, 4) is 0 Å². The van der Waals surface area contributed by atoms with Gasteiger partial charge in [-0.25, -0.2) is 9.78 Å². The predicted octanol–water partition coefficient (Wildman–Crippen LogP) is 0.783. The van der Waals surface area contributed by atoms with Gasteiger partial charge in [-0.15, -0.1) is 0 Å². The third kappa shape index (κ3) is 4.24. The molecule has 0 unspecified atom stereocenters. The van der Waals surface area contributed by atoms with E-state index in [1.807, 2.05) is 0 Å². The summed E-state index contributed by atoms with van der Waals surface area (Å²) in [5.74, 6) is -0.864. The van der Waals surface area contributed by atoms with Crippen molar-refractivity contribution < 1.29 is 14.3 Å². The molecule has 3 aromatic rings. The number of pyridine rings is 1. The minimum atomic E-state index is -0.630. The summed E-state index contributed by atoms with van der Waals surface area (Å²) in [7, 11) is 1.47. The highest BCUT2D eigenvalue weighted by atomic mass is 16.5. The van der Waals surface area contributed by atoms with Crippen molar-refractivity contribution in [1.82, 2.24) is 19.9 Å². The van der Waals surface area contributed by atoms with Crippen molar-refractivity contribution in [1.29, 1.82) is 0 Å². The van der Waals surface area contributed by atoms with Crippen LogP contribution in [0.3, 0.4) is 0 Å². The molecule has 3 heterocycles. The number of anilines is 1. The number of nitrogens with zero attached hydrogens (tertiary/aromatic N) is 2. The second kappa shape index (κ2) is 8.52. The van der Waals surface area contributed by atoms with Crippen LogP contribution in [0, 0.1) is 0 Å². The van der Waals surface area contributed by atoms with Gasteiger partial charge in [-0.3, -0.25) is 23.9 Å². The Labute approximate surface area is 176 Å². The quantitative estimate of drug-likeness (QED) is 0.555. The summed E-state index contributed by atoms with van der Waals surface area (Å²) in [5.41, 5.74) is -0.306. The van der Waals surface area contributed by atoms with Crippen LogP contribution in [0.4, 0.5) is 5.69 Å². The summed E-state index contributed by atoms with van der Waals surface area (Å²) in [6, 6.07) is 7.99. The Kier molecular flexibility index (Phi) is 5.63. The van der Waals surface area contributed by atoms with Crippen LogP contribution in [0.15, 0.2) is 46.1 Å². The molecule has 1 aliphatic rings. The van der Waals surface area contributed by atoms with Crippen LogP contribution in [-0.2, 0) is 11.8 Å². The number of carbonyl (C=O) groups is 2. The smallest absolute Gasteiger partial charge is 0.329 e.